The Labute approximate surface area is 131 Å². The third kappa shape index (κ3) is 2.85. The molecule has 0 amide bonds. The second-order valence-electron chi connectivity index (χ2n) is 8.93. The molecule has 1 N–H and O–H groups in total. The van der Waals surface area contributed by atoms with Gasteiger partial charge in [-0.3, -0.25) is 0 Å². The Hall–Kier alpha value is -0.603. The lowest BCUT2D eigenvalue weighted by Crippen LogP contribution is -2.58. The van der Waals surface area contributed by atoms with Crippen LogP contribution in [-0.4, -0.2) is 13.8 Å². The van der Waals surface area contributed by atoms with Crippen LogP contribution in [0, 0.1) is 5.92 Å². The third-order valence-electron chi connectivity index (χ3n) is 5.27. The number of hydrogen-bond donors (Lipinski definition) is 1. The lowest BCUT2D eigenvalue weighted by Gasteiger charge is -2.40. The molecule has 0 radical (unpaired) electrons. The summed E-state index contributed by atoms with van der Waals surface area (Å²) in [5.74, 6) is 0.791. The Morgan fingerprint density at radius 1 is 1.05 bits per heavy atom. The van der Waals surface area contributed by atoms with Crippen molar-refractivity contribution in [2.75, 3.05) is 0 Å². The minimum absolute atomic E-state index is 0.217. The first-order valence-corrected chi connectivity index (χ1v) is 11.7. The van der Waals surface area contributed by atoms with Gasteiger partial charge in [0.1, 0.15) is 8.24 Å². The summed E-state index contributed by atoms with van der Waals surface area (Å²) in [5, 5.41) is 0. The van der Waals surface area contributed by atoms with E-state index >= 15 is 0 Å². The van der Waals surface area contributed by atoms with Crippen LogP contribution in [0.2, 0.25) is 13.1 Å². The van der Waals surface area contributed by atoms with Gasteiger partial charge in [0, 0.05) is 5.54 Å². The van der Waals surface area contributed by atoms with Crippen molar-refractivity contribution in [3.8, 4) is 0 Å². The molecule has 2 atom stereocenters. The maximum Gasteiger partial charge on any atom is 0.127 e. The van der Waals surface area contributed by atoms with Crippen LogP contribution in [-0.2, 0) is 19.3 Å². The summed E-state index contributed by atoms with van der Waals surface area (Å²) in [4.78, 5) is 4.02. The molecule has 0 aliphatic heterocycles. The highest BCUT2D eigenvalue weighted by Gasteiger charge is 2.43. The summed E-state index contributed by atoms with van der Waals surface area (Å²) in [6.07, 6.45) is 5.26. The van der Waals surface area contributed by atoms with Crippen LogP contribution in [0.15, 0.2) is 12.1 Å². The van der Waals surface area contributed by atoms with E-state index < -0.39 is 8.24 Å². The Kier molecular flexibility index (Phi) is 3.61. The molecule has 0 bridgehead atoms. The number of aryl methyl sites for hydroxylation is 2. The Morgan fingerprint density at radius 2 is 1.67 bits per heavy atom. The monoisotopic (exact) mass is 301 g/mol. The van der Waals surface area contributed by atoms with Crippen molar-refractivity contribution in [1.29, 1.82) is 0 Å². The van der Waals surface area contributed by atoms with Crippen LogP contribution in [0.25, 0.3) is 0 Å². The van der Waals surface area contributed by atoms with Gasteiger partial charge in [0.25, 0.3) is 0 Å². The smallest absolute Gasteiger partial charge is 0.127 e. The van der Waals surface area contributed by atoms with Crippen LogP contribution in [0.5, 0.6) is 0 Å². The van der Waals surface area contributed by atoms with Crippen LogP contribution < -0.4 is 4.98 Å². The van der Waals surface area contributed by atoms with Gasteiger partial charge in [0.15, 0.2) is 0 Å². The fourth-order valence-electron chi connectivity index (χ4n) is 5.08. The highest BCUT2D eigenvalue weighted by Crippen LogP contribution is 2.45. The molecule has 116 valence electrons. The molecule has 2 heteroatoms. The predicted octanol–water partition coefficient (Wildman–Crippen LogP) is 4.58. The zero-order valence-corrected chi connectivity index (χ0v) is 15.6. The molecule has 1 aromatic carbocycles. The molecule has 0 saturated heterocycles. The van der Waals surface area contributed by atoms with E-state index in [4.69, 9.17) is 0 Å². The van der Waals surface area contributed by atoms with Crippen molar-refractivity contribution in [2.45, 2.75) is 77.6 Å². The van der Waals surface area contributed by atoms with Gasteiger partial charge in [0.2, 0.25) is 0 Å². The summed E-state index contributed by atoms with van der Waals surface area (Å²) >= 11 is 0. The van der Waals surface area contributed by atoms with Crippen LogP contribution in [0.4, 0.5) is 0 Å². The van der Waals surface area contributed by atoms with E-state index in [1.165, 1.54) is 25.7 Å². The zero-order valence-electron chi connectivity index (χ0n) is 14.6. The molecule has 0 spiro atoms. The second kappa shape index (κ2) is 4.96. The van der Waals surface area contributed by atoms with E-state index in [-0.39, 0.29) is 5.54 Å². The van der Waals surface area contributed by atoms with E-state index in [1.54, 1.807) is 22.3 Å². The number of rotatable bonds is 2. The molecule has 2 aliphatic carbocycles. The molecule has 1 unspecified atom stereocenters. The van der Waals surface area contributed by atoms with Crippen LogP contribution in [0.1, 0.15) is 61.9 Å². The molecular formula is C19H31NSi. The van der Waals surface area contributed by atoms with Gasteiger partial charge < -0.3 is 4.98 Å². The third-order valence-corrected chi connectivity index (χ3v) is 9.10. The average molecular weight is 302 g/mol. The Bertz CT molecular complexity index is 553. The molecule has 1 aromatic rings. The van der Waals surface area contributed by atoms with Gasteiger partial charge in [-0.05, 0) is 80.2 Å². The fraction of sp³-hybridized carbons (Fsp3) is 0.684. The van der Waals surface area contributed by atoms with E-state index in [1.807, 2.05) is 0 Å². The molecule has 0 aromatic heterocycles. The van der Waals surface area contributed by atoms with Crippen molar-refractivity contribution in [3.63, 3.8) is 0 Å². The first-order valence-electron chi connectivity index (χ1n) is 8.61. The molecule has 0 fully saturated rings. The minimum atomic E-state index is -1.50. The summed E-state index contributed by atoms with van der Waals surface area (Å²) in [6.45, 7) is 14.5. The maximum atomic E-state index is 4.02. The quantitative estimate of drug-likeness (QED) is 0.788. The van der Waals surface area contributed by atoms with Crippen molar-refractivity contribution < 1.29 is 0 Å². The van der Waals surface area contributed by atoms with Gasteiger partial charge in [-0.25, -0.2) is 0 Å². The van der Waals surface area contributed by atoms with Crippen molar-refractivity contribution in [1.82, 2.24) is 4.98 Å². The lowest BCUT2D eigenvalue weighted by atomic mass is 10.0. The van der Waals surface area contributed by atoms with E-state index in [0.29, 0.717) is 0 Å². The summed E-state index contributed by atoms with van der Waals surface area (Å²) in [5.41, 5.74) is 7.62. The van der Waals surface area contributed by atoms with Gasteiger partial charge in [-0.1, -0.05) is 32.2 Å². The largest absolute Gasteiger partial charge is 0.332 e. The highest BCUT2D eigenvalue weighted by atomic mass is 28.3. The fourth-order valence-corrected chi connectivity index (χ4v) is 9.75. The van der Waals surface area contributed by atoms with Gasteiger partial charge in [-0.2, -0.15) is 0 Å². The second-order valence-corrected chi connectivity index (χ2v) is 13.2. The standard InChI is InChI=1S/C19H31NSi/c1-13-10-16-11-14-8-7-9-15(14)12-17(16)18(13)21(5,6)20-19(2,3)4/h11-13,18,20H,7-10H2,1-6H3/t13-,18?/m1/s1. The molecule has 21 heavy (non-hydrogen) atoms. The Morgan fingerprint density at radius 3 is 2.29 bits per heavy atom. The van der Waals surface area contributed by atoms with Gasteiger partial charge >= 0.3 is 0 Å². The molecular weight excluding hydrogens is 270 g/mol. The van der Waals surface area contributed by atoms with Crippen molar-refractivity contribution in [3.05, 3.63) is 34.4 Å². The summed E-state index contributed by atoms with van der Waals surface area (Å²) in [6, 6.07) is 5.14. The molecule has 3 rings (SSSR count). The predicted molar refractivity (Wildman–Crippen MR) is 94.4 cm³/mol. The normalized spacial score (nSPS) is 25.0. The van der Waals surface area contributed by atoms with E-state index in [2.05, 4.69) is 57.9 Å². The summed E-state index contributed by atoms with van der Waals surface area (Å²) < 4.78 is 0. The lowest BCUT2D eigenvalue weighted by molar-refractivity contribution is 0.491. The topological polar surface area (TPSA) is 12.0 Å². The number of benzene rings is 1. The number of fused-ring (bicyclic) bond motifs is 2. The maximum absolute atomic E-state index is 4.02. The van der Waals surface area contributed by atoms with Crippen molar-refractivity contribution in [2.24, 2.45) is 5.92 Å². The van der Waals surface area contributed by atoms with E-state index in [9.17, 15) is 0 Å². The van der Waals surface area contributed by atoms with Crippen LogP contribution >= 0.6 is 0 Å². The molecule has 2 aliphatic rings. The van der Waals surface area contributed by atoms with Crippen LogP contribution in [0.3, 0.4) is 0 Å². The first kappa shape index (κ1) is 15.3. The molecule has 1 nitrogen and oxygen atoms in total. The molecule has 0 heterocycles. The SMILES string of the molecule is C[C@@H]1Cc2cc3c(cc2C1[Si](C)(C)NC(C)(C)C)CCC3. The minimum Gasteiger partial charge on any atom is -0.332 e. The van der Waals surface area contributed by atoms with Crippen molar-refractivity contribution >= 4 is 8.24 Å². The Balaban J connectivity index is 1.98. The average Bonchev–Trinajstić information content (AvgIpc) is 2.83. The number of hydrogen-bond acceptors (Lipinski definition) is 1. The van der Waals surface area contributed by atoms with E-state index in [0.717, 1.165) is 11.5 Å². The highest BCUT2D eigenvalue weighted by molar-refractivity contribution is 6.76. The van der Waals surface area contributed by atoms with Gasteiger partial charge in [-0.15, -0.1) is 0 Å². The zero-order chi connectivity index (χ0) is 15.4. The van der Waals surface area contributed by atoms with Gasteiger partial charge in [0.05, 0.1) is 0 Å². The molecule has 0 saturated carbocycles. The summed E-state index contributed by atoms with van der Waals surface area (Å²) in [7, 11) is -1.50. The first-order chi connectivity index (χ1) is 9.67. The number of nitrogens with one attached hydrogen (secondary N) is 1.